The Morgan fingerprint density at radius 3 is 2.20 bits per heavy atom. The molecule has 3 aromatic rings. The molecule has 0 spiro atoms. The summed E-state index contributed by atoms with van der Waals surface area (Å²) in [6.45, 7) is 7.41. The van der Waals surface area contributed by atoms with Gasteiger partial charge in [0.1, 0.15) is 0 Å². The number of tetrazole rings is 1. The minimum Gasteiger partial charge on any atom is -0.336 e. The maximum Gasteiger partial charge on any atom is 0.253 e. The molecule has 0 unspecified atom stereocenters. The molecule has 1 amide bonds. The van der Waals surface area contributed by atoms with Crippen molar-refractivity contribution in [2.45, 2.75) is 25.3 Å². The average molecular weight is 518 g/mol. The van der Waals surface area contributed by atoms with Crippen LogP contribution < -0.4 is 0 Å². The number of piperazine rings is 1. The fraction of sp³-hybridized carbons (Fsp3) is 0.391. The topological polar surface area (TPSA) is 105 Å². The zero-order chi connectivity index (χ0) is 25.0. The van der Waals surface area contributed by atoms with E-state index in [0.29, 0.717) is 62.2 Å². The molecule has 1 aromatic heterocycles. The number of hydrogen-bond donors (Lipinski definition) is 0. The SMILES string of the molecule is CCN(CC)S(=O)(=O)c1ccc(C(=O)N2CCN(Cc3nnnn3-c3ccc(Cl)cc3)CC2)cc1. The summed E-state index contributed by atoms with van der Waals surface area (Å²) in [7, 11) is -3.55. The van der Waals surface area contributed by atoms with Crippen LogP contribution in [0.4, 0.5) is 0 Å². The number of hydrogen-bond acceptors (Lipinski definition) is 7. The van der Waals surface area contributed by atoms with E-state index in [1.165, 1.54) is 16.4 Å². The lowest BCUT2D eigenvalue weighted by Crippen LogP contribution is -2.48. The zero-order valence-electron chi connectivity index (χ0n) is 19.7. The Balaban J connectivity index is 1.36. The first-order valence-corrected chi connectivity index (χ1v) is 13.3. The van der Waals surface area contributed by atoms with E-state index in [1.807, 2.05) is 12.1 Å². The summed E-state index contributed by atoms with van der Waals surface area (Å²) in [4.78, 5) is 17.2. The summed E-state index contributed by atoms with van der Waals surface area (Å²) in [5.74, 6) is 0.597. The second kappa shape index (κ2) is 10.8. The highest BCUT2D eigenvalue weighted by Gasteiger charge is 2.25. The molecule has 4 rings (SSSR count). The number of benzene rings is 2. The van der Waals surface area contributed by atoms with Gasteiger partial charge in [-0.15, -0.1) is 5.10 Å². The number of rotatable bonds is 8. The van der Waals surface area contributed by atoms with Crippen LogP contribution in [0, 0.1) is 0 Å². The van der Waals surface area contributed by atoms with E-state index < -0.39 is 10.0 Å². The molecule has 0 aliphatic carbocycles. The Morgan fingerprint density at radius 1 is 0.971 bits per heavy atom. The van der Waals surface area contributed by atoms with Crippen molar-refractivity contribution in [3.8, 4) is 5.69 Å². The fourth-order valence-electron chi connectivity index (χ4n) is 4.06. The van der Waals surface area contributed by atoms with Crippen LogP contribution in [0.2, 0.25) is 5.02 Å². The van der Waals surface area contributed by atoms with Crippen LogP contribution in [-0.4, -0.2) is 87.9 Å². The monoisotopic (exact) mass is 517 g/mol. The van der Waals surface area contributed by atoms with Crippen molar-refractivity contribution in [2.24, 2.45) is 0 Å². The molecule has 2 heterocycles. The summed E-state index contributed by atoms with van der Waals surface area (Å²) in [6.07, 6.45) is 0. The van der Waals surface area contributed by atoms with Gasteiger partial charge < -0.3 is 4.90 Å². The van der Waals surface area contributed by atoms with E-state index >= 15 is 0 Å². The number of carbonyl (C=O) groups excluding carboxylic acids is 1. The van der Waals surface area contributed by atoms with Gasteiger partial charge in [-0.05, 0) is 59.0 Å². The Kier molecular flexibility index (Phi) is 7.80. The van der Waals surface area contributed by atoms with E-state index in [0.717, 1.165) is 5.69 Å². The average Bonchev–Trinajstić information content (AvgIpc) is 3.33. The third-order valence-corrected chi connectivity index (χ3v) is 8.39. The first-order valence-electron chi connectivity index (χ1n) is 11.5. The Labute approximate surface area is 210 Å². The lowest BCUT2D eigenvalue weighted by atomic mass is 10.2. The van der Waals surface area contributed by atoms with Crippen molar-refractivity contribution in [1.82, 2.24) is 34.3 Å². The normalized spacial score (nSPS) is 15.0. The minimum atomic E-state index is -3.55. The molecule has 10 nitrogen and oxygen atoms in total. The van der Waals surface area contributed by atoms with Gasteiger partial charge in [-0.25, -0.2) is 8.42 Å². The number of aromatic nitrogens is 4. The van der Waals surface area contributed by atoms with Gasteiger partial charge in [-0.3, -0.25) is 9.69 Å². The van der Waals surface area contributed by atoms with Crippen LogP contribution in [0.15, 0.2) is 53.4 Å². The number of nitrogens with zero attached hydrogens (tertiary/aromatic N) is 7. The molecule has 0 atom stereocenters. The highest BCUT2D eigenvalue weighted by molar-refractivity contribution is 7.89. The largest absolute Gasteiger partial charge is 0.336 e. The molecule has 1 fully saturated rings. The number of sulfonamides is 1. The Morgan fingerprint density at radius 2 is 1.60 bits per heavy atom. The lowest BCUT2D eigenvalue weighted by Gasteiger charge is -2.34. The van der Waals surface area contributed by atoms with E-state index in [9.17, 15) is 13.2 Å². The molecule has 0 radical (unpaired) electrons. The first-order chi connectivity index (χ1) is 16.8. The van der Waals surface area contributed by atoms with Crippen molar-refractivity contribution in [2.75, 3.05) is 39.3 Å². The summed E-state index contributed by atoms with van der Waals surface area (Å²) >= 11 is 5.97. The zero-order valence-corrected chi connectivity index (χ0v) is 21.3. The van der Waals surface area contributed by atoms with Crippen LogP contribution >= 0.6 is 11.6 Å². The third kappa shape index (κ3) is 5.53. The van der Waals surface area contributed by atoms with Crippen LogP contribution in [0.25, 0.3) is 5.69 Å². The van der Waals surface area contributed by atoms with Crippen molar-refractivity contribution >= 4 is 27.5 Å². The van der Waals surface area contributed by atoms with Crippen molar-refractivity contribution < 1.29 is 13.2 Å². The number of amides is 1. The molecule has 0 N–H and O–H groups in total. The van der Waals surface area contributed by atoms with Crippen molar-refractivity contribution in [3.63, 3.8) is 0 Å². The first kappa shape index (κ1) is 25.2. The van der Waals surface area contributed by atoms with Crippen molar-refractivity contribution in [3.05, 3.63) is 64.9 Å². The number of carbonyl (C=O) groups is 1. The predicted octanol–water partition coefficient (Wildman–Crippen LogP) is 2.30. The molecule has 1 saturated heterocycles. The molecule has 12 heteroatoms. The quantitative estimate of drug-likeness (QED) is 0.451. The van der Waals surface area contributed by atoms with Gasteiger partial charge in [0, 0.05) is 49.9 Å². The van der Waals surface area contributed by atoms with Crippen LogP contribution in [0.5, 0.6) is 0 Å². The van der Waals surface area contributed by atoms with E-state index in [4.69, 9.17) is 11.6 Å². The van der Waals surface area contributed by atoms with Crippen LogP contribution in [-0.2, 0) is 16.6 Å². The summed E-state index contributed by atoms with van der Waals surface area (Å²) in [5.41, 5.74) is 1.30. The maximum atomic E-state index is 13.0. The van der Waals surface area contributed by atoms with Crippen LogP contribution in [0.3, 0.4) is 0 Å². The molecular weight excluding hydrogens is 490 g/mol. The lowest BCUT2D eigenvalue weighted by molar-refractivity contribution is 0.0624. The molecule has 1 aliphatic heterocycles. The molecule has 0 bridgehead atoms. The van der Waals surface area contributed by atoms with Gasteiger partial charge in [0.25, 0.3) is 5.91 Å². The van der Waals surface area contributed by atoms with Gasteiger partial charge in [0.2, 0.25) is 10.0 Å². The van der Waals surface area contributed by atoms with Gasteiger partial charge in [-0.2, -0.15) is 8.99 Å². The third-order valence-electron chi connectivity index (χ3n) is 6.07. The van der Waals surface area contributed by atoms with Gasteiger partial charge in [0.15, 0.2) is 5.82 Å². The second-order valence-electron chi connectivity index (χ2n) is 8.17. The highest BCUT2D eigenvalue weighted by Crippen LogP contribution is 2.18. The van der Waals surface area contributed by atoms with Gasteiger partial charge in [0.05, 0.1) is 17.1 Å². The summed E-state index contributed by atoms with van der Waals surface area (Å²) < 4.78 is 28.4. The Hall–Kier alpha value is -2.86. The molecule has 2 aromatic carbocycles. The molecular formula is C23H28ClN7O3S. The summed E-state index contributed by atoms with van der Waals surface area (Å²) in [5, 5.41) is 12.7. The predicted molar refractivity (Wildman–Crippen MR) is 132 cm³/mol. The van der Waals surface area contributed by atoms with Gasteiger partial charge >= 0.3 is 0 Å². The van der Waals surface area contributed by atoms with Gasteiger partial charge in [-0.1, -0.05) is 25.4 Å². The molecule has 35 heavy (non-hydrogen) atoms. The number of halogens is 1. The van der Waals surface area contributed by atoms with E-state index in [1.54, 1.807) is 47.7 Å². The standard InChI is InChI=1S/C23H28ClN7O3S/c1-3-30(4-2)35(33,34)21-11-5-18(6-12-21)23(32)29-15-13-28(14-16-29)17-22-25-26-27-31(22)20-9-7-19(24)8-10-20/h5-12H,3-4,13-17H2,1-2H3. The molecule has 186 valence electrons. The molecule has 0 saturated carbocycles. The Bertz CT molecular complexity index is 1250. The smallest absolute Gasteiger partial charge is 0.253 e. The van der Waals surface area contributed by atoms with Crippen LogP contribution in [0.1, 0.15) is 30.0 Å². The van der Waals surface area contributed by atoms with E-state index in [-0.39, 0.29) is 10.8 Å². The minimum absolute atomic E-state index is 0.109. The summed E-state index contributed by atoms with van der Waals surface area (Å²) in [6, 6.07) is 13.5. The highest BCUT2D eigenvalue weighted by atomic mass is 35.5. The maximum absolute atomic E-state index is 13.0. The van der Waals surface area contributed by atoms with E-state index in [2.05, 4.69) is 20.4 Å². The molecule has 1 aliphatic rings. The van der Waals surface area contributed by atoms with Crippen molar-refractivity contribution in [1.29, 1.82) is 0 Å². The fourth-order valence-corrected chi connectivity index (χ4v) is 5.64. The second-order valence-corrected chi connectivity index (χ2v) is 10.5.